The zero-order valence-electron chi connectivity index (χ0n) is 14.5. The fourth-order valence-electron chi connectivity index (χ4n) is 2.75. The molecule has 0 atom stereocenters. The van der Waals surface area contributed by atoms with Crippen molar-refractivity contribution in [3.05, 3.63) is 23.9 Å². The molecule has 0 radical (unpaired) electrons. The molecule has 124 valence electrons. The molecule has 1 amide bonds. The molecule has 1 aromatic heterocycles. The molecule has 1 fully saturated rings. The van der Waals surface area contributed by atoms with Crippen LogP contribution in [-0.4, -0.2) is 54.0 Å². The fraction of sp³-hybridized carbons (Fsp3) is 0.647. The predicted octanol–water partition coefficient (Wildman–Crippen LogP) is 2.56. The van der Waals surface area contributed by atoms with E-state index < -0.39 is 0 Å². The number of piperidine rings is 1. The van der Waals surface area contributed by atoms with Gasteiger partial charge >= 0.3 is 0 Å². The first-order valence-corrected chi connectivity index (χ1v) is 8.05. The molecule has 1 aliphatic heterocycles. The molecule has 0 N–H and O–H groups in total. The van der Waals surface area contributed by atoms with Gasteiger partial charge in [-0.15, -0.1) is 0 Å². The van der Waals surface area contributed by atoms with E-state index in [0.29, 0.717) is 11.9 Å². The van der Waals surface area contributed by atoms with Crippen LogP contribution in [0, 0.1) is 0 Å². The van der Waals surface area contributed by atoms with Crippen LogP contribution in [0.5, 0.6) is 5.88 Å². The van der Waals surface area contributed by atoms with Crippen molar-refractivity contribution in [2.24, 2.45) is 0 Å². The summed E-state index contributed by atoms with van der Waals surface area (Å²) in [6.45, 7) is 8.18. The van der Waals surface area contributed by atoms with Gasteiger partial charge in [-0.1, -0.05) is 19.9 Å². The minimum absolute atomic E-state index is 0.181. The number of hydrogen-bond donors (Lipinski definition) is 0. The summed E-state index contributed by atoms with van der Waals surface area (Å²) in [6.07, 6.45) is 3.80. The summed E-state index contributed by atoms with van der Waals surface area (Å²) < 4.78 is 5.29. The van der Waals surface area contributed by atoms with E-state index in [0.717, 1.165) is 38.0 Å². The average Bonchev–Trinajstić information content (AvgIpc) is 2.57. The molecule has 1 saturated heterocycles. The number of carbonyl (C=O) groups is 1. The molecule has 1 aliphatic rings. The van der Waals surface area contributed by atoms with Crippen LogP contribution in [0.15, 0.2) is 18.3 Å². The Balaban J connectivity index is 0.00000116. The smallest absolute Gasteiger partial charge is 0.219 e. The Hall–Kier alpha value is -1.62. The molecule has 0 unspecified atom stereocenters. The van der Waals surface area contributed by atoms with E-state index in [-0.39, 0.29) is 5.91 Å². The first-order chi connectivity index (χ1) is 10.6. The van der Waals surface area contributed by atoms with E-state index in [1.165, 1.54) is 0 Å². The predicted molar refractivity (Wildman–Crippen MR) is 88.9 cm³/mol. The van der Waals surface area contributed by atoms with Gasteiger partial charge in [0.2, 0.25) is 11.8 Å². The van der Waals surface area contributed by atoms with Crippen molar-refractivity contribution >= 4 is 5.91 Å². The normalized spacial score (nSPS) is 15.3. The average molecular weight is 307 g/mol. The van der Waals surface area contributed by atoms with Gasteiger partial charge in [0.25, 0.3) is 0 Å². The molecule has 0 aromatic carbocycles. The zero-order valence-corrected chi connectivity index (χ0v) is 14.5. The van der Waals surface area contributed by atoms with Gasteiger partial charge < -0.3 is 9.64 Å². The molecule has 0 saturated carbocycles. The molecular weight excluding hydrogens is 278 g/mol. The van der Waals surface area contributed by atoms with Crippen LogP contribution in [0.3, 0.4) is 0 Å². The molecule has 1 aromatic rings. The molecule has 0 aliphatic carbocycles. The maximum atomic E-state index is 11.3. The number of hydrogen-bond acceptors (Lipinski definition) is 4. The Morgan fingerprint density at radius 1 is 1.41 bits per heavy atom. The molecule has 0 spiro atoms. The Kier molecular flexibility index (Phi) is 7.88. The number of methoxy groups -OCH3 is 1. The van der Waals surface area contributed by atoms with Crippen LogP contribution in [0.25, 0.3) is 0 Å². The van der Waals surface area contributed by atoms with Gasteiger partial charge in [-0.05, 0) is 26.0 Å². The van der Waals surface area contributed by atoms with Gasteiger partial charge in [-0.25, -0.2) is 4.98 Å². The van der Waals surface area contributed by atoms with Crippen molar-refractivity contribution in [1.82, 2.24) is 14.8 Å². The Labute approximate surface area is 134 Å². The number of pyridine rings is 1. The quantitative estimate of drug-likeness (QED) is 0.857. The maximum absolute atomic E-state index is 11.3. The highest BCUT2D eigenvalue weighted by Gasteiger charge is 2.24. The van der Waals surface area contributed by atoms with Gasteiger partial charge in [0.1, 0.15) is 0 Å². The van der Waals surface area contributed by atoms with Crippen LogP contribution >= 0.6 is 0 Å². The highest BCUT2D eigenvalue weighted by molar-refractivity contribution is 5.73. The summed E-state index contributed by atoms with van der Waals surface area (Å²) in [4.78, 5) is 19.8. The first kappa shape index (κ1) is 18.4. The lowest BCUT2D eigenvalue weighted by molar-refractivity contribution is -0.130. The summed E-state index contributed by atoms with van der Waals surface area (Å²) in [5.74, 6) is 0.876. The molecule has 2 rings (SSSR count). The van der Waals surface area contributed by atoms with Gasteiger partial charge in [0.15, 0.2) is 0 Å². The van der Waals surface area contributed by atoms with Gasteiger partial charge in [-0.3, -0.25) is 9.69 Å². The lowest BCUT2D eigenvalue weighted by Gasteiger charge is -2.36. The van der Waals surface area contributed by atoms with Crippen molar-refractivity contribution < 1.29 is 9.53 Å². The zero-order chi connectivity index (χ0) is 16.5. The van der Waals surface area contributed by atoms with Crippen molar-refractivity contribution in [2.45, 2.75) is 46.2 Å². The second kappa shape index (κ2) is 9.41. The summed E-state index contributed by atoms with van der Waals surface area (Å²) in [7, 11) is 3.78. The molecule has 0 bridgehead atoms. The van der Waals surface area contributed by atoms with E-state index in [4.69, 9.17) is 4.74 Å². The van der Waals surface area contributed by atoms with Crippen molar-refractivity contribution in [3.8, 4) is 5.88 Å². The lowest BCUT2D eigenvalue weighted by atomic mass is 10.0. The third-order valence-corrected chi connectivity index (χ3v) is 4.00. The van der Waals surface area contributed by atoms with E-state index >= 15 is 0 Å². The molecular formula is C17H29N3O2. The highest BCUT2D eigenvalue weighted by atomic mass is 16.5. The van der Waals surface area contributed by atoms with Crippen LogP contribution in [0.1, 0.15) is 39.2 Å². The fourth-order valence-corrected chi connectivity index (χ4v) is 2.75. The highest BCUT2D eigenvalue weighted by Crippen LogP contribution is 2.21. The number of rotatable bonds is 4. The molecule has 5 heteroatoms. The number of ether oxygens (including phenoxy) is 1. The van der Waals surface area contributed by atoms with E-state index in [2.05, 4.69) is 16.9 Å². The maximum Gasteiger partial charge on any atom is 0.219 e. The Morgan fingerprint density at radius 3 is 2.59 bits per heavy atom. The topological polar surface area (TPSA) is 45.7 Å². The largest absolute Gasteiger partial charge is 0.481 e. The van der Waals surface area contributed by atoms with E-state index in [1.54, 1.807) is 20.2 Å². The third-order valence-electron chi connectivity index (χ3n) is 4.00. The minimum Gasteiger partial charge on any atom is -0.481 e. The van der Waals surface area contributed by atoms with Crippen LogP contribution in [0.4, 0.5) is 0 Å². The molecule has 22 heavy (non-hydrogen) atoms. The second-order valence-electron chi connectivity index (χ2n) is 5.32. The summed E-state index contributed by atoms with van der Waals surface area (Å²) in [6, 6.07) is 4.49. The first-order valence-electron chi connectivity index (χ1n) is 8.05. The summed E-state index contributed by atoms with van der Waals surface area (Å²) >= 11 is 0. The van der Waals surface area contributed by atoms with Crippen molar-refractivity contribution in [1.29, 1.82) is 0 Å². The van der Waals surface area contributed by atoms with Gasteiger partial charge in [0, 0.05) is 44.4 Å². The molecule has 5 nitrogen and oxygen atoms in total. The second-order valence-corrected chi connectivity index (χ2v) is 5.32. The van der Waals surface area contributed by atoms with Crippen LogP contribution in [-0.2, 0) is 11.3 Å². The summed E-state index contributed by atoms with van der Waals surface area (Å²) in [5, 5.41) is 0. The SMILES string of the molecule is CC.COc1ncccc1CN(C)C1CCN(C(C)=O)CC1. The van der Waals surface area contributed by atoms with Crippen molar-refractivity contribution in [2.75, 3.05) is 27.2 Å². The lowest BCUT2D eigenvalue weighted by Crippen LogP contribution is -2.44. The van der Waals surface area contributed by atoms with Crippen LogP contribution < -0.4 is 4.74 Å². The summed E-state index contributed by atoms with van der Waals surface area (Å²) in [5.41, 5.74) is 1.10. The Morgan fingerprint density at radius 2 is 2.05 bits per heavy atom. The third kappa shape index (κ3) is 4.98. The van der Waals surface area contributed by atoms with Crippen molar-refractivity contribution in [3.63, 3.8) is 0 Å². The standard InChI is InChI=1S/C15H23N3O2.C2H6/c1-12(19)18-9-6-14(7-10-18)17(2)11-13-5-4-8-16-15(13)20-3;1-2/h4-5,8,14H,6-7,9-11H2,1-3H3;1-2H3. The minimum atomic E-state index is 0.181. The van der Waals surface area contributed by atoms with E-state index in [1.807, 2.05) is 30.9 Å². The number of aromatic nitrogens is 1. The number of nitrogens with zero attached hydrogens (tertiary/aromatic N) is 3. The van der Waals surface area contributed by atoms with Gasteiger partial charge in [-0.2, -0.15) is 0 Å². The van der Waals surface area contributed by atoms with E-state index in [9.17, 15) is 4.79 Å². The molecule has 2 heterocycles. The number of carbonyl (C=O) groups excluding carboxylic acids is 1. The number of likely N-dealkylation sites (tertiary alicyclic amines) is 1. The van der Waals surface area contributed by atoms with Crippen LogP contribution in [0.2, 0.25) is 0 Å². The Bertz CT molecular complexity index is 457. The van der Waals surface area contributed by atoms with Gasteiger partial charge in [0.05, 0.1) is 7.11 Å². The monoisotopic (exact) mass is 307 g/mol. The number of amides is 1.